The van der Waals surface area contributed by atoms with Crippen LogP contribution in [-0.2, 0) is 13.1 Å². The fraction of sp³-hybridized carbons (Fsp3) is 0.438. The van der Waals surface area contributed by atoms with Gasteiger partial charge in [0.05, 0.1) is 6.33 Å². The van der Waals surface area contributed by atoms with Crippen molar-refractivity contribution in [3.63, 3.8) is 0 Å². The number of aromatic nitrogens is 2. The van der Waals surface area contributed by atoms with E-state index in [9.17, 15) is 0 Å². The Labute approximate surface area is 114 Å². The molecule has 1 unspecified atom stereocenters. The van der Waals surface area contributed by atoms with E-state index in [4.69, 9.17) is 0 Å². The summed E-state index contributed by atoms with van der Waals surface area (Å²) in [5.41, 5.74) is 2.87. The summed E-state index contributed by atoms with van der Waals surface area (Å²) in [7, 11) is 0. The van der Waals surface area contributed by atoms with Gasteiger partial charge in [0.2, 0.25) is 0 Å². The lowest BCUT2D eigenvalue weighted by atomic mass is 10.1. The molecule has 1 fully saturated rings. The minimum absolute atomic E-state index is 0.442. The van der Waals surface area contributed by atoms with Crippen LogP contribution in [0.2, 0.25) is 0 Å². The molecule has 1 heterocycles. The van der Waals surface area contributed by atoms with Crippen molar-refractivity contribution < 1.29 is 0 Å². The zero-order valence-corrected chi connectivity index (χ0v) is 11.4. The molecule has 3 nitrogen and oxygen atoms in total. The predicted molar refractivity (Wildman–Crippen MR) is 76.9 cm³/mol. The van der Waals surface area contributed by atoms with Crippen LogP contribution in [-0.4, -0.2) is 15.6 Å². The molecule has 0 radical (unpaired) electrons. The minimum atomic E-state index is 0.442. The average molecular weight is 255 g/mol. The van der Waals surface area contributed by atoms with Gasteiger partial charge in [-0.2, -0.15) is 0 Å². The van der Waals surface area contributed by atoms with Gasteiger partial charge < -0.3 is 9.88 Å². The van der Waals surface area contributed by atoms with Gasteiger partial charge in [0.1, 0.15) is 0 Å². The summed E-state index contributed by atoms with van der Waals surface area (Å²) in [6.07, 6.45) is 8.44. The van der Waals surface area contributed by atoms with Crippen molar-refractivity contribution in [1.82, 2.24) is 14.9 Å². The number of hydrogen-bond acceptors (Lipinski definition) is 2. The molecule has 0 saturated heterocycles. The highest BCUT2D eigenvalue weighted by atomic mass is 15.1. The Morgan fingerprint density at radius 3 is 2.74 bits per heavy atom. The first-order valence-electron chi connectivity index (χ1n) is 7.09. The Morgan fingerprint density at radius 2 is 2.11 bits per heavy atom. The molecule has 0 amide bonds. The summed E-state index contributed by atoms with van der Waals surface area (Å²) < 4.78 is 2.11. The third-order valence-electron chi connectivity index (χ3n) is 3.73. The van der Waals surface area contributed by atoms with Crippen LogP contribution in [0, 0.1) is 0 Å². The predicted octanol–water partition coefficient (Wildman–Crippen LogP) is 2.94. The van der Waals surface area contributed by atoms with Gasteiger partial charge >= 0.3 is 0 Å². The summed E-state index contributed by atoms with van der Waals surface area (Å²) >= 11 is 0. The van der Waals surface area contributed by atoms with Gasteiger partial charge in [0.15, 0.2) is 0 Å². The first-order valence-corrected chi connectivity index (χ1v) is 7.09. The van der Waals surface area contributed by atoms with E-state index in [1.165, 1.54) is 24.0 Å². The second-order valence-corrected chi connectivity index (χ2v) is 5.56. The molecular formula is C16H21N3. The Hall–Kier alpha value is -1.61. The van der Waals surface area contributed by atoms with Crippen molar-refractivity contribution in [2.75, 3.05) is 0 Å². The molecule has 0 spiro atoms. The van der Waals surface area contributed by atoms with Gasteiger partial charge in [-0.3, -0.25) is 0 Å². The molecule has 1 aliphatic rings. The summed E-state index contributed by atoms with van der Waals surface area (Å²) in [4.78, 5) is 4.06. The summed E-state index contributed by atoms with van der Waals surface area (Å²) in [6, 6.07) is 9.52. The van der Waals surface area contributed by atoms with Crippen LogP contribution >= 0.6 is 0 Å². The number of rotatable bonds is 6. The SMILES string of the molecule is CC(Cn1ccnc1)NCc1ccc(C2CC2)cc1. The fourth-order valence-electron chi connectivity index (χ4n) is 2.39. The number of imidazole rings is 1. The van der Waals surface area contributed by atoms with Crippen LogP contribution in [0.5, 0.6) is 0 Å². The standard InChI is InChI=1S/C16H21N3/c1-13(11-19-9-8-17-12-19)18-10-14-2-4-15(5-3-14)16-6-7-16/h2-5,8-9,12-13,16,18H,6-7,10-11H2,1H3. The maximum Gasteiger partial charge on any atom is 0.0946 e. The molecule has 1 aromatic heterocycles. The fourth-order valence-corrected chi connectivity index (χ4v) is 2.39. The van der Waals surface area contributed by atoms with Crippen molar-refractivity contribution in [3.05, 3.63) is 54.1 Å². The Kier molecular flexibility index (Phi) is 3.65. The number of nitrogens with zero attached hydrogens (tertiary/aromatic N) is 2. The van der Waals surface area contributed by atoms with E-state index in [-0.39, 0.29) is 0 Å². The molecule has 3 heteroatoms. The van der Waals surface area contributed by atoms with E-state index in [0.717, 1.165) is 19.0 Å². The summed E-state index contributed by atoms with van der Waals surface area (Å²) in [5, 5.41) is 3.55. The van der Waals surface area contributed by atoms with E-state index in [2.05, 4.69) is 46.1 Å². The Balaban J connectivity index is 1.48. The molecule has 19 heavy (non-hydrogen) atoms. The largest absolute Gasteiger partial charge is 0.336 e. The molecule has 1 aliphatic carbocycles. The minimum Gasteiger partial charge on any atom is -0.336 e. The summed E-state index contributed by atoms with van der Waals surface area (Å²) in [6.45, 7) is 4.10. The van der Waals surface area contributed by atoms with E-state index in [1.54, 1.807) is 0 Å². The molecule has 0 aliphatic heterocycles. The zero-order chi connectivity index (χ0) is 13.1. The van der Waals surface area contributed by atoms with Gasteiger partial charge in [0.25, 0.3) is 0 Å². The van der Waals surface area contributed by atoms with E-state index in [0.29, 0.717) is 6.04 Å². The first kappa shape index (κ1) is 12.4. The number of hydrogen-bond donors (Lipinski definition) is 1. The van der Waals surface area contributed by atoms with Crippen LogP contribution in [0.3, 0.4) is 0 Å². The van der Waals surface area contributed by atoms with Crippen LogP contribution in [0.15, 0.2) is 43.0 Å². The smallest absolute Gasteiger partial charge is 0.0946 e. The monoisotopic (exact) mass is 255 g/mol. The van der Waals surface area contributed by atoms with Gasteiger partial charge in [-0.25, -0.2) is 4.98 Å². The van der Waals surface area contributed by atoms with Gasteiger partial charge in [-0.1, -0.05) is 24.3 Å². The van der Waals surface area contributed by atoms with E-state index in [1.807, 2.05) is 18.7 Å². The second-order valence-electron chi connectivity index (χ2n) is 5.56. The Bertz CT molecular complexity index is 497. The lowest BCUT2D eigenvalue weighted by Gasteiger charge is -2.14. The molecule has 0 bridgehead atoms. The van der Waals surface area contributed by atoms with Crippen molar-refractivity contribution >= 4 is 0 Å². The number of nitrogens with one attached hydrogen (secondary N) is 1. The highest BCUT2D eigenvalue weighted by molar-refractivity contribution is 5.27. The van der Waals surface area contributed by atoms with Crippen LogP contribution in [0.25, 0.3) is 0 Å². The van der Waals surface area contributed by atoms with Crippen LogP contribution < -0.4 is 5.32 Å². The molecule has 1 atom stereocenters. The van der Waals surface area contributed by atoms with Crippen molar-refractivity contribution in [1.29, 1.82) is 0 Å². The highest BCUT2D eigenvalue weighted by Crippen LogP contribution is 2.39. The molecular weight excluding hydrogens is 234 g/mol. The molecule has 2 aromatic rings. The number of benzene rings is 1. The van der Waals surface area contributed by atoms with Gasteiger partial charge in [-0.15, -0.1) is 0 Å². The first-order chi connectivity index (χ1) is 9.31. The third-order valence-corrected chi connectivity index (χ3v) is 3.73. The lowest BCUT2D eigenvalue weighted by molar-refractivity contribution is 0.476. The topological polar surface area (TPSA) is 29.9 Å². The lowest BCUT2D eigenvalue weighted by Crippen LogP contribution is -2.29. The second kappa shape index (κ2) is 5.57. The van der Waals surface area contributed by atoms with Crippen LogP contribution in [0.4, 0.5) is 0 Å². The average Bonchev–Trinajstić information content (AvgIpc) is 3.16. The maximum absolute atomic E-state index is 4.06. The van der Waals surface area contributed by atoms with Crippen molar-refractivity contribution in [3.8, 4) is 0 Å². The molecule has 3 rings (SSSR count). The summed E-state index contributed by atoms with van der Waals surface area (Å²) in [5.74, 6) is 0.849. The highest BCUT2D eigenvalue weighted by Gasteiger charge is 2.22. The van der Waals surface area contributed by atoms with E-state index >= 15 is 0 Å². The molecule has 1 saturated carbocycles. The Morgan fingerprint density at radius 1 is 1.32 bits per heavy atom. The zero-order valence-electron chi connectivity index (χ0n) is 11.4. The molecule has 100 valence electrons. The normalized spacial score (nSPS) is 16.5. The van der Waals surface area contributed by atoms with Crippen molar-refractivity contribution in [2.45, 2.75) is 44.8 Å². The van der Waals surface area contributed by atoms with Crippen molar-refractivity contribution in [2.24, 2.45) is 0 Å². The maximum atomic E-state index is 4.06. The molecule has 1 N–H and O–H groups in total. The molecule has 1 aromatic carbocycles. The quantitative estimate of drug-likeness (QED) is 0.860. The van der Waals surface area contributed by atoms with Gasteiger partial charge in [-0.05, 0) is 36.8 Å². The van der Waals surface area contributed by atoms with Crippen LogP contribution in [0.1, 0.15) is 36.8 Å². The third kappa shape index (κ3) is 3.44. The van der Waals surface area contributed by atoms with E-state index < -0.39 is 0 Å². The van der Waals surface area contributed by atoms with Gasteiger partial charge in [0, 0.05) is 31.5 Å².